The van der Waals surface area contributed by atoms with E-state index in [0.717, 1.165) is 26.1 Å². The number of nitrogens with two attached hydrogens (primary N) is 1. The Morgan fingerprint density at radius 1 is 1.41 bits per heavy atom. The van der Waals surface area contributed by atoms with Crippen LogP contribution in [0.15, 0.2) is 30.3 Å². The molecule has 22 heavy (non-hydrogen) atoms. The number of hydrogen-bond donors (Lipinski definition) is 1. The van der Waals surface area contributed by atoms with Crippen molar-refractivity contribution in [3.05, 3.63) is 35.9 Å². The zero-order valence-corrected chi connectivity index (χ0v) is 14.0. The van der Waals surface area contributed by atoms with Crippen molar-refractivity contribution in [2.75, 3.05) is 20.1 Å². The first-order valence-corrected chi connectivity index (χ1v) is 8.31. The van der Waals surface area contributed by atoms with Crippen molar-refractivity contribution >= 4 is 5.91 Å². The molecule has 2 N–H and O–H groups in total. The summed E-state index contributed by atoms with van der Waals surface area (Å²) in [6.45, 7) is 7.25. The Labute approximate surface area is 134 Å². The number of likely N-dealkylation sites (tertiary alicyclic amines) is 1. The molecule has 1 aliphatic heterocycles. The largest absolute Gasteiger partial charge is 0.341 e. The second kappa shape index (κ2) is 7.75. The van der Waals surface area contributed by atoms with Crippen molar-refractivity contribution in [3.63, 3.8) is 0 Å². The number of hydrogen-bond acceptors (Lipinski definition) is 3. The standard InChI is InChI=1S/C18H29N3O/c1-4-16(19)18(22)20(3)17-10-11-21(12-14(17)2)13-15-8-6-5-7-9-15/h5-9,14,16-17H,4,10-13,19H2,1-3H3/t14-,16+,17+/m1/s1. The van der Waals surface area contributed by atoms with Gasteiger partial charge in [-0.15, -0.1) is 0 Å². The normalized spacial score (nSPS) is 24.0. The average Bonchev–Trinajstić information content (AvgIpc) is 2.54. The number of carbonyl (C=O) groups excluding carboxylic acids is 1. The van der Waals surface area contributed by atoms with Crippen LogP contribution in [-0.4, -0.2) is 47.9 Å². The summed E-state index contributed by atoms with van der Waals surface area (Å²) < 4.78 is 0. The fourth-order valence-corrected chi connectivity index (χ4v) is 3.38. The smallest absolute Gasteiger partial charge is 0.239 e. The van der Waals surface area contributed by atoms with Gasteiger partial charge in [-0.3, -0.25) is 9.69 Å². The Balaban J connectivity index is 1.91. The highest BCUT2D eigenvalue weighted by molar-refractivity contribution is 5.81. The van der Waals surface area contributed by atoms with Gasteiger partial charge in [0.25, 0.3) is 0 Å². The molecule has 0 aliphatic carbocycles. The number of nitrogens with zero attached hydrogens (tertiary/aromatic N) is 2. The van der Waals surface area contributed by atoms with Crippen LogP contribution >= 0.6 is 0 Å². The molecule has 0 radical (unpaired) electrons. The Bertz CT molecular complexity index is 476. The zero-order valence-electron chi connectivity index (χ0n) is 14.0. The van der Waals surface area contributed by atoms with Gasteiger partial charge < -0.3 is 10.6 Å². The molecular weight excluding hydrogens is 274 g/mol. The van der Waals surface area contributed by atoms with Gasteiger partial charge in [0.05, 0.1) is 6.04 Å². The van der Waals surface area contributed by atoms with E-state index in [9.17, 15) is 4.79 Å². The van der Waals surface area contributed by atoms with Gasteiger partial charge in [-0.2, -0.15) is 0 Å². The molecule has 2 rings (SSSR count). The summed E-state index contributed by atoms with van der Waals surface area (Å²) in [7, 11) is 1.91. The quantitative estimate of drug-likeness (QED) is 0.906. The lowest BCUT2D eigenvalue weighted by Gasteiger charge is -2.42. The average molecular weight is 303 g/mol. The van der Waals surface area contributed by atoms with E-state index in [2.05, 4.69) is 42.2 Å². The van der Waals surface area contributed by atoms with Crippen molar-refractivity contribution in [3.8, 4) is 0 Å². The van der Waals surface area contributed by atoms with E-state index in [1.165, 1.54) is 5.56 Å². The van der Waals surface area contributed by atoms with Gasteiger partial charge in [0.15, 0.2) is 0 Å². The van der Waals surface area contributed by atoms with Gasteiger partial charge in [-0.1, -0.05) is 44.2 Å². The predicted molar refractivity (Wildman–Crippen MR) is 90.3 cm³/mol. The number of piperidine rings is 1. The van der Waals surface area contributed by atoms with Gasteiger partial charge >= 0.3 is 0 Å². The van der Waals surface area contributed by atoms with Crippen LogP contribution in [0.3, 0.4) is 0 Å². The van der Waals surface area contributed by atoms with Crippen LogP contribution in [0.4, 0.5) is 0 Å². The zero-order chi connectivity index (χ0) is 16.1. The molecule has 1 amide bonds. The lowest BCUT2D eigenvalue weighted by atomic mass is 9.91. The first-order valence-electron chi connectivity index (χ1n) is 8.31. The second-order valence-corrected chi connectivity index (χ2v) is 6.52. The molecule has 4 heteroatoms. The van der Waals surface area contributed by atoms with Crippen LogP contribution in [0.1, 0.15) is 32.3 Å². The summed E-state index contributed by atoms with van der Waals surface area (Å²) in [6, 6.07) is 10.5. The maximum Gasteiger partial charge on any atom is 0.239 e. The molecule has 0 unspecified atom stereocenters. The Morgan fingerprint density at radius 2 is 2.09 bits per heavy atom. The van der Waals surface area contributed by atoms with Crippen LogP contribution in [-0.2, 0) is 11.3 Å². The van der Waals surface area contributed by atoms with Crippen molar-refractivity contribution in [2.45, 2.75) is 45.3 Å². The fourth-order valence-electron chi connectivity index (χ4n) is 3.38. The molecule has 4 nitrogen and oxygen atoms in total. The molecule has 1 aliphatic rings. The van der Waals surface area contributed by atoms with Gasteiger partial charge in [0.2, 0.25) is 5.91 Å². The molecule has 1 fully saturated rings. The third-order valence-electron chi connectivity index (χ3n) is 4.80. The third-order valence-corrected chi connectivity index (χ3v) is 4.80. The lowest BCUT2D eigenvalue weighted by Crippen LogP contribution is -2.53. The van der Waals surface area contributed by atoms with Crippen molar-refractivity contribution in [1.82, 2.24) is 9.80 Å². The number of benzene rings is 1. The van der Waals surface area contributed by atoms with E-state index in [-0.39, 0.29) is 11.9 Å². The Hall–Kier alpha value is -1.39. The van der Waals surface area contributed by atoms with Crippen LogP contribution in [0.25, 0.3) is 0 Å². The van der Waals surface area contributed by atoms with E-state index in [4.69, 9.17) is 5.73 Å². The molecule has 0 saturated carbocycles. The third kappa shape index (κ3) is 4.08. The van der Waals surface area contributed by atoms with Crippen molar-refractivity contribution in [1.29, 1.82) is 0 Å². The molecule has 3 atom stereocenters. The molecule has 0 aromatic heterocycles. The van der Waals surface area contributed by atoms with E-state index in [1.54, 1.807) is 0 Å². The Morgan fingerprint density at radius 3 is 2.68 bits per heavy atom. The molecule has 1 heterocycles. The SMILES string of the molecule is CC[C@H](N)C(=O)N(C)[C@H]1CCN(Cc2ccccc2)C[C@H]1C. The topological polar surface area (TPSA) is 49.6 Å². The molecule has 1 aromatic carbocycles. The van der Waals surface area contributed by atoms with Crippen LogP contribution in [0, 0.1) is 5.92 Å². The highest BCUT2D eigenvalue weighted by Gasteiger charge is 2.32. The Kier molecular flexibility index (Phi) is 5.98. The summed E-state index contributed by atoms with van der Waals surface area (Å²) in [5.41, 5.74) is 7.25. The number of carbonyl (C=O) groups is 1. The molecule has 1 aromatic rings. The van der Waals surface area contributed by atoms with Gasteiger partial charge in [0, 0.05) is 32.7 Å². The van der Waals surface area contributed by atoms with Gasteiger partial charge in [0.1, 0.15) is 0 Å². The molecule has 0 bridgehead atoms. The predicted octanol–water partition coefficient (Wildman–Crippen LogP) is 2.09. The van der Waals surface area contributed by atoms with Gasteiger partial charge in [-0.25, -0.2) is 0 Å². The molecule has 122 valence electrons. The maximum absolute atomic E-state index is 12.3. The fraction of sp³-hybridized carbons (Fsp3) is 0.611. The maximum atomic E-state index is 12.3. The van der Waals surface area contributed by atoms with E-state index >= 15 is 0 Å². The van der Waals surface area contributed by atoms with Crippen molar-refractivity contribution < 1.29 is 4.79 Å². The summed E-state index contributed by atoms with van der Waals surface area (Å²) in [6.07, 6.45) is 1.72. The van der Waals surface area contributed by atoms with Crippen molar-refractivity contribution in [2.24, 2.45) is 11.7 Å². The summed E-state index contributed by atoms with van der Waals surface area (Å²) in [4.78, 5) is 16.6. The summed E-state index contributed by atoms with van der Waals surface area (Å²) in [5, 5.41) is 0. The minimum absolute atomic E-state index is 0.0795. The first kappa shape index (κ1) is 17.0. The number of rotatable bonds is 5. The first-order chi connectivity index (χ1) is 10.5. The van der Waals surface area contributed by atoms with E-state index in [0.29, 0.717) is 18.4 Å². The molecule has 1 saturated heterocycles. The number of amides is 1. The van der Waals surface area contributed by atoms with Gasteiger partial charge in [-0.05, 0) is 24.3 Å². The van der Waals surface area contributed by atoms with Crippen LogP contribution < -0.4 is 5.73 Å². The highest BCUT2D eigenvalue weighted by atomic mass is 16.2. The molecular formula is C18H29N3O. The second-order valence-electron chi connectivity index (χ2n) is 6.52. The lowest BCUT2D eigenvalue weighted by molar-refractivity contribution is -0.135. The summed E-state index contributed by atoms with van der Waals surface area (Å²) in [5.74, 6) is 0.548. The van der Waals surface area contributed by atoms with E-state index < -0.39 is 0 Å². The summed E-state index contributed by atoms with van der Waals surface area (Å²) >= 11 is 0. The minimum atomic E-state index is -0.362. The molecule has 0 spiro atoms. The van der Waals surface area contributed by atoms with Crippen LogP contribution in [0.5, 0.6) is 0 Å². The monoisotopic (exact) mass is 303 g/mol. The number of likely N-dealkylation sites (N-methyl/N-ethyl adjacent to an activating group) is 1. The minimum Gasteiger partial charge on any atom is -0.341 e. The van der Waals surface area contributed by atoms with E-state index in [1.807, 2.05) is 18.9 Å². The highest BCUT2D eigenvalue weighted by Crippen LogP contribution is 2.23. The van der Waals surface area contributed by atoms with Crippen LogP contribution in [0.2, 0.25) is 0 Å².